The summed E-state index contributed by atoms with van der Waals surface area (Å²) in [4.78, 5) is 4.29. The molecule has 1 fully saturated rings. The molecule has 1 aliphatic carbocycles. The summed E-state index contributed by atoms with van der Waals surface area (Å²) in [5.41, 5.74) is 6.37. The van der Waals surface area contributed by atoms with E-state index in [1.165, 1.54) is 18.9 Å². The summed E-state index contributed by atoms with van der Waals surface area (Å²) in [5, 5.41) is 8.33. The first kappa shape index (κ1) is 14.8. The number of rotatable bonds is 4. The van der Waals surface area contributed by atoms with Crippen LogP contribution in [-0.2, 0) is 16.6 Å². The first-order valence-corrected chi connectivity index (χ1v) is 8.18. The Morgan fingerprint density at radius 3 is 2.60 bits per heavy atom. The molecule has 0 aliphatic heterocycles. The van der Waals surface area contributed by atoms with Crippen LogP contribution in [0.4, 0.5) is 0 Å². The standard InChI is InChI=1S/C13H20N4O2S/c14-13(17-11-6-2-3-7-11)16-9-10-5-1-4-8-12(10)20(15,18)19/h1,4-5,8,11H,2-3,6-7,9H2,(H3,14,16,17)(H2,15,18,19). The van der Waals surface area contributed by atoms with Crippen LogP contribution in [-0.4, -0.2) is 20.4 Å². The first-order valence-electron chi connectivity index (χ1n) is 6.64. The molecule has 1 aliphatic rings. The maximum absolute atomic E-state index is 11.5. The molecule has 0 spiro atoms. The van der Waals surface area contributed by atoms with E-state index in [0.29, 0.717) is 17.6 Å². The molecule has 1 saturated carbocycles. The molecule has 5 N–H and O–H groups in total. The summed E-state index contributed by atoms with van der Waals surface area (Å²) >= 11 is 0. The highest BCUT2D eigenvalue weighted by atomic mass is 32.2. The van der Waals surface area contributed by atoms with E-state index in [2.05, 4.69) is 10.3 Å². The van der Waals surface area contributed by atoms with Gasteiger partial charge >= 0.3 is 0 Å². The van der Waals surface area contributed by atoms with Gasteiger partial charge in [-0.05, 0) is 24.5 Å². The van der Waals surface area contributed by atoms with Gasteiger partial charge in [0.2, 0.25) is 10.0 Å². The summed E-state index contributed by atoms with van der Waals surface area (Å²) in [7, 11) is -3.73. The van der Waals surface area contributed by atoms with Crippen LogP contribution in [0.3, 0.4) is 0 Å². The van der Waals surface area contributed by atoms with Crippen LogP contribution >= 0.6 is 0 Å². The quantitative estimate of drug-likeness (QED) is 0.560. The first-order chi connectivity index (χ1) is 9.47. The molecule has 0 radical (unpaired) electrons. The summed E-state index contributed by atoms with van der Waals surface area (Å²) in [5.74, 6) is 0.348. The van der Waals surface area contributed by atoms with Crippen molar-refractivity contribution in [2.24, 2.45) is 15.9 Å². The Hall–Kier alpha value is -1.60. The summed E-state index contributed by atoms with van der Waals surface area (Å²) in [6.07, 6.45) is 4.62. The minimum absolute atomic E-state index is 0.0948. The van der Waals surface area contributed by atoms with Crippen molar-refractivity contribution in [3.63, 3.8) is 0 Å². The van der Waals surface area contributed by atoms with Gasteiger partial charge < -0.3 is 11.1 Å². The van der Waals surface area contributed by atoms with Crippen LogP contribution in [0.1, 0.15) is 31.2 Å². The third-order valence-electron chi connectivity index (χ3n) is 3.41. The van der Waals surface area contributed by atoms with Gasteiger partial charge in [-0.2, -0.15) is 0 Å². The Kier molecular flexibility index (Phi) is 4.61. The van der Waals surface area contributed by atoms with Crippen LogP contribution in [0.25, 0.3) is 0 Å². The summed E-state index contributed by atoms with van der Waals surface area (Å²) < 4.78 is 22.9. The average molecular weight is 296 g/mol. The molecule has 0 amide bonds. The van der Waals surface area contributed by atoms with Crippen LogP contribution in [0.5, 0.6) is 0 Å². The number of nitrogens with zero attached hydrogens (tertiary/aromatic N) is 1. The van der Waals surface area contributed by atoms with Crippen LogP contribution in [0.15, 0.2) is 34.2 Å². The lowest BCUT2D eigenvalue weighted by molar-refractivity contribution is 0.596. The summed E-state index contributed by atoms with van der Waals surface area (Å²) in [6, 6.07) is 6.92. The van der Waals surface area contributed by atoms with E-state index in [-0.39, 0.29) is 11.4 Å². The van der Waals surface area contributed by atoms with Crippen molar-refractivity contribution >= 4 is 16.0 Å². The largest absolute Gasteiger partial charge is 0.370 e. The zero-order valence-electron chi connectivity index (χ0n) is 11.2. The SMILES string of the molecule is NC(=NCc1ccccc1S(N)(=O)=O)NC1CCCC1. The molecule has 0 atom stereocenters. The molecular formula is C13H20N4O2S. The molecule has 6 nitrogen and oxygen atoms in total. The smallest absolute Gasteiger partial charge is 0.238 e. The molecule has 0 saturated heterocycles. The number of guanidine groups is 1. The van der Waals surface area contributed by atoms with E-state index in [9.17, 15) is 8.42 Å². The number of primary sulfonamides is 1. The number of benzene rings is 1. The van der Waals surface area contributed by atoms with Crippen molar-refractivity contribution in [2.75, 3.05) is 0 Å². The second-order valence-corrected chi connectivity index (χ2v) is 6.51. The number of hydrogen-bond acceptors (Lipinski definition) is 3. The van der Waals surface area contributed by atoms with Gasteiger partial charge in [0.25, 0.3) is 0 Å². The highest BCUT2D eigenvalue weighted by Gasteiger charge is 2.15. The molecular weight excluding hydrogens is 276 g/mol. The molecule has 20 heavy (non-hydrogen) atoms. The molecule has 0 bridgehead atoms. The van der Waals surface area contributed by atoms with E-state index in [1.807, 2.05) is 0 Å². The second-order valence-electron chi connectivity index (χ2n) is 4.98. The van der Waals surface area contributed by atoms with Crippen LogP contribution < -0.4 is 16.2 Å². The second kappa shape index (κ2) is 6.23. The topological polar surface area (TPSA) is 111 Å². The van der Waals surface area contributed by atoms with Crippen molar-refractivity contribution < 1.29 is 8.42 Å². The van der Waals surface area contributed by atoms with Gasteiger partial charge in [-0.3, -0.25) is 0 Å². The van der Waals surface area contributed by atoms with Gasteiger partial charge in [-0.1, -0.05) is 31.0 Å². The van der Waals surface area contributed by atoms with E-state index in [1.54, 1.807) is 18.2 Å². The minimum atomic E-state index is -3.73. The number of sulfonamides is 1. The molecule has 0 heterocycles. The Balaban J connectivity index is 2.06. The fourth-order valence-corrected chi connectivity index (χ4v) is 3.17. The van der Waals surface area contributed by atoms with Crippen molar-refractivity contribution in [3.8, 4) is 0 Å². The van der Waals surface area contributed by atoms with Crippen molar-refractivity contribution in [2.45, 2.75) is 43.2 Å². The van der Waals surface area contributed by atoms with Gasteiger partial charge in [0.05, 0.1) is 11.4 Å². The average Bonchev–Trinajstić information content (AvgIpc) is 2.88. The maximum Gasteiger partial charge on any atom is 0.238 e. The van der Waals surface area contributed by atoms with Crippen LogP contribution in [0, 0.1) is 0 Å². The van der Waals surface area contributed by atoms with Crippen molar-refractivity contribution in [3.05, 3.63) is 29.8 Å². The zero-order valence-corrected chi connectivity index (χ0v) is 12.1. The number of hydrogen-bond donors (Lipinski definition) is 3. The molecule has 0 aromatic heterocycles. The predicted molar refractivity (Wildman–Crippen MR) is 78.5 cm³/mol. The lowest BCUT2D eigenvalue weighted by atomic mass is 10.2. The highest BCUT2D eigenvalue weighted by Crippen LogP contribution is 2.17. The fraction of sp³-hybridized carbons (Fsp3) is 0.462. The molecule has 1 aromatic carbocycles. The third kappa shape index (κ3) is 3.94. The van der Waals surface area contributed by atoms with Gasteiger partial charge in [0.1, 0.15) is 0 Å². The van der Waals surface area contributed by atoms with E-state index < -0.39 is 10.0 Å². The minimum Gasteiger partial charge on any atom is -0.370 e. The molecule has 7 heteroatoms. The molecule has 0 unspecified atom stereocenters. The number of nitrogens with two attached hydrogens (primary N) is 2. The Bertz CT molecular complexity index is 592. The summed E-state index contributed by atoms with van der Waals surface area (Å²) in [6.45, 7) is 0.193. The van der Waals surface area contributed by atoms with Crippen molar-refractivity contribution in [1.82, 2.24) is 5.32 Å². The van der Waals surface area contributed by atoms with E-state index in [0.717, 1.165) is 12.8 Å². The Labute approximate surface area is 119 Å². The van der Waals surface area contributed by atoms with Gasteiger partial charge in [0, 0.05) is 6.04 Å². The lowest BCUT2D eigenvalue weighted by Gasteiger charge is -2.12. The number of nitrogens with one attached hydrogen (secondary N) is 1. The normalized spacial score (nSPS) is 17.4. The third-order valence-corrected chi connectivity index (χ3v) is 4.42. The van der Waals surface area contributed by atoms with Crippen LogP contribution in [0.2, 0.25) is 0 Å². The van der Waals surface area contributed by atoms with E-state index in [4.69, 9.17) is 10.9 Å². The molecule has 1 aromatic rings. The Morgan fingerprint density at radius 2 is 1.95 bits per heavy atom. The predicted octanol–water partition coefficient (Wildman–Crippen LogP) is 0.681. The van der Waals surface area contributed by atoms with Gasteiger partial charge in [-0.25, -0.2) is 18.5 Å². The zero-order chi connectivity index (χ0) is 14.6. The maximum atomic E-state index is 11.5. The highest BCUT2D eigenvalue weighted by molar-refractivity contribution is 7.89. The van der Waals surface area contributed by atoms with E-state index >= 15 is 0 Å². The van der Waals surface area contributed by atoms with Gasteiger partial charge in [-0.15, -0.1) is 0 Å². The molecule has 2 rings (SSSR count). The van der Waals surface area contributed by atoms with Gasteiger partial charge in [0.15, 0.2) is 5.96 Å². The monoisotopic (exact) mass is 296 g/mol. The van der Waals surface area contributed by atoms with Crippen molar-refractivity contribution in [1.29, 1.82) is 0 Å². The fourth-order valence-electron chi connectivity index (χ4n) is 2.41. The molecule has 110 valence electrons. The number of aliphatic imine (C=N–C) groups is 1. The lowest BCUT2D eigenvalue weighted by Crippen LogP contribution is -2.38. The Morgan fingerprint density at radius 1 is 1.30 bits per heavy atom.